The lowest BCUT2D eigenvalue weighted by Gasteiger charge is -2.36. The molecular weight excluding hydrogens is 450 g/mol. The normalized spacial score (nSPS) is 14.8. The van der Waals surface area contributed by atoms with Crippen molar-refractivity contribution in [2.45, 2.75) is 11.4 Å². The van der Waals surface area contributed by atoms with Crippen molar-refractivity contribution < 1.29 is 13.2 Å². The Morgan fingerprint density at radius 2 is 1.68 bits per heavy atom. The Morgan fingerprint density at radius 3 is 2.32 bits per heavy atom. The molecule has 9 heteroatoms. The van der Waals surface area contributed by atoms with Crippen LogP contribution in [-0.4, -0.2) is 68.3 Å². The van der Waals surface area contributed by atoms with Gasteiger partial charge in [-0.15, -0.1) is 0 Å². The number of pyridine rings is 1. The number of sulfonamides is 1. The van der Waals surface area contributed by atoms with Crippen LogP contribution in [0.25, 0.3) is 0 Å². The molecule has 2 heterocycles. The summed E-state index contributed by atoms with van der Waals surface area (Å²) in [6, 6.07) is 21.2. The highest BCUT2D eigenvalue weighted by Gasteiger charge is 2.23. The van der Waals surface area contributed by atoms with Gasteiger partial charge in [-0.1, -0.05) is 30.3 Å². The van der Waals surface area contributed by atoms with Crippen LogP contribution < -0.4 is 10.2 Å². The molecule has 0 unspecified atom stereocenters. The summed E-state index contributed by atoms with van der Waals surface area (Å²) >= 11 is 0. The monoisotopic (exact) mass is 479 g/mol. The van der Waals surface area contributed by atoms with Crippen LogP contribution in [0.3, 0.4) is 0 Å². The van der Waals surface area contributed by atoms with Gasteiger partial charge >= 0.3 is 0 Å². The SMILES string of the molecule is CN(CC(=O)Nc1ccc(N2CCN(Cc3ccccc3)CC2)cc1)S(=O)(=O)c1cccnc1. The fourth-order valence-corrected chi connectivity index (χ4v) is 5.02. The summed E-state index contributed by atoms with van der Waals surface area (Å²) in [5.41, 5.74) is 3.06. The molecule has 0 radical (unpaired) electrons. The maximum atomic E-state index is 12.6. The quantitative estimate of drug-likeness (QED) is 0.535. The van der Waals surface area contributed by atoms with Gasteiger partial charge < -0.3 is 10.2 Å². The standard InChI is InChI=1S/C25H29N5O3S/c1-28(34(32,33)24-8-5-13-26-18-24)20-25(31)27-22-9-11-23(12-10-22)30-16-14-29(15-17-30)19-21-6-3-2-4-7-21/h2-13,18H,14-17,19-20H2,1H3,(H,27,31). The molecule has 4 rings (SSSR count). The van der Waals surface area contributed by atoms with Gasteiger partial charge in [-0.2, -0.15) is 4.31 Å². The Balaban J connectivity index is 1.27. The van der Waals surface area contributed by atoms with E-state index in [0.717, 1.165) is 42.7 Å². The predicted molar refractivity (Wildman–Crippen MR) is 133 cm³/mol. The first-order chi connectivity index (χ1) is 16.4. The number of aromatic nitrogens is 1. The van der Waals surface area contributed by atoms with Crippen molar-refractivity contribution in [3.63, 3.8) is 0 Å². The second kappa shape index (κ2) is 10.8. The van der Waals surface area contributed by atoms with Crippen molar-refractivity contribution in [2.24, 2.45) is 0 Å². The lowest BCUT2D eigenvalue weighted by molar-refractivity contribution is -0.116. The Labute approximate surface area is 200 Å². The topological polar surface area (TPSA) is 85.9 Å². The molecule has 1 N–H and O–H groups in total. The summed E-state index contributed by atoms with van der Waals surface area (Å²) in [4.78, 5) is 21.1. The van der Waals surface area contributed by atoms with Crippen molar-refractivity contribution in [3.8, 4) is 0 Å². The number of anilines is 2. The minimum absolute atomic E-state index is 0.0542. The van der Waals surface area contributed by atoms with Crippen LogP contribution in [0, 0.1) is 0 Å². The number of amides is 1. The zero-order valence-electron chi connectivity index (χ0n) is 19.2. The molecule has 0 bridgehead atoms. The van der Waals surface area contributed by atoms with Crippen molar-refractivity contribution in [3.05, 3.63) is 84.7 Å². The van der Waals surface area contributed by atoms with Crippen LogP contribution in [0.2, 0.25) is 0 Å². The molecule has 1 fully saturated rings. The fourth-order valence-electron chi connectivity index (χ4n) is 3.93. The summed E-state index contributed by atoms with van der Waals surface area (Å²) in [6.45, 7) is 4.54. The van der Waals surface area contributed by atoms with Crippen molar-refractivity contribution in [2.75, 3.05) is 50.0 Å². The van der Waals surface area contributed by atoms with E-state index in [1.54, 1.807) is 6.07 Å². The molecule has 0 spiro atoms. The molecule has 1 aliphatic rings. The van der Waals surface area contributed by atoms with Crippen molar-refractivity contribution >= 4 is 27.3 Å². The zero-order valence-corrected chi connectivity index (χ0v) is 20.0. The number of hydrogen-bond acceptors (Lipinski definition) is 6. The molecule has 8 nitrogen and oxygen atoms in total. The van der Waals surface area contributed by atoms with E-state index < -0.39 is 15.9 Å². The Kier molecular flexibility index (Phi) is 7.56. The highest BCUT2D eigenvalue weighted by atomic mass is 32.2. The van der Waals surface area contributed by atoms with E-state index >= 15 is 0 Å². The largest absolute Gasteiger partial charge is 0.369 e. The minimum atomic E-state index is -3.77. The van der Waals surface area contributed by atoms with E-state index in [1.807, 2.05) is 30.3 Å². The maximum absolute atomic E-state index is 12.6. The summed E-state index contributed by atoms with van der Waals surface area (Å²) in [7, 11) is -2.40. The lowest BCUT2D eigenvalue weighted by Crippen LogP contribution is -2.45. The number of likely N-dealkylation sites (N-methyl/N-ethyl adjacent to an activating group) is 1. The van der Waals surface area contributed by atoms with E-state index in [0.29, 0.717) is 5.69 Å². The third kappa shape index (κ3) is 5.99. The molecule has 0 saturated carbocycles. The first-order valence-electron chi connectivity index (χ1n) is 11.2. The van der Waals surface area contributed by atoms with E-state index in [1.165, 1.54) is 31.1 Å². The van der Waals surface area contributed by atoms with Gasteiger partial charge in [-0.3, -0.25) is 14.7 Å². The molecule has 3 aromatic rings. The zero-order chi connectivity index (χ0) is 24.0. The van der Waals surface area contributed by atoms with Gasteiger partial charge in [-0.25, -0.2) is 8.42 Å². The van der Waals surface area contributed by atoms with Crippen LogP contribution >= 0.6 is 0 Å². The molecule has 178 valence electrons. The third-order valence-corrected chi connectivity index (χ3v) is 7.63. The average molecular weight is 480 g/mol. The molecule has 1 saturated heterocycles. The lowest BCUT2D eigenvalue weighted by atomic mass is 10.2. The highest BCUT2D eigenvalue weighted by molar-refractivity contribution is 7.89. The van der Waals surface area contributed by atoms with Gasteiger partial charge in [0.05, 0.1) is 6.54 Å². The maximum Gasteiger partial charge on any atom is 0.244 e. The first kappa shape index (κ1) is 23.9. The average Bonchev–Trinajstić information content (AvgIpc) is 2.86. The van der Waals surface area contributed by atoms with Gasteiger partial charge in [0, 0.05) is 63.5 Å². The number of nitrogens with one attached hydrogen (secondary N) is 1. The van der Waals surface area contributed by atoms with Gasteiger partial charge in [-0.05, 0) is 42.0 Å². The molecule has 0 aliphatic carbocycles. The Bertz CT molecular complexity index is 1180. The van der Waals surface area contributed by atoms with Gasteiger partial charge in [0.1, 0.15) is 4.90 Å². The number of carbonyl (C=O) groups excluding carboxylic acids is 1. The molecule has 0 atom stereocenters. The van der Waals surface area contributed by atoms with Gasteiger partial charge in [0.25, 0.3) is 0 Å². The second-order valence-corrected chi connectivity index (χ2v) is 10.3. The summed E-state index contributed by atoms with van der Waals surface area (Å²) in [5, 5.41) is 2.77. The van der Waals surface area contributed by atoms with Crippen LogP contribution in [0.15, 0.2) is 84.0 Å². The number of carbonyl (C=O) groups is 1. The number of rotatable bonds is 8. The van der Waals surface area contributed by atoms with E-state index in [4.69, 9.17) is 0 Å². The van der Waals surface area contributed by atoms with Crippen LogP contribution in [0.4, 0.5) is 11.4 Å². The van der Waals surface area contributed by atoms with Crippen LogP contribution in [-0.2, 0) is 21.4 Å². The van der Waals surface area contributed by atoms with Crippen molar-refractivity contribution in [1.82, 2.24) is 14.2 Å². The van der Waals surface area contributed by atoms with Crippen molar-refractivity contribution in [1.29, 1.82) is 0 Å². The first-order valence-corrected chi connectivity index (χ1v) is 12.6. The molecule has 1 amide bonds. The molecule has 1 aromatic heterocycles. The summed E-state index contributed by atoms with van der Waals surface area (Å²) < 4.78 is 26.1. The third-order valence-electron chi connectivity index (χ3n) is 5.85. The smallest absolute Gasteiger partial charge is 0.244 e. The van der Waals surface area contributed by atoms with E-state index in [-0.39, 0.29) is 11.4 Å². The van der Waals surface area contributed by atoms with E-state index in [2.05, 4.69) is 44.4 Å². The second-order valence-electron chi connectivity index (χ2n) is 8.29. The fraction of sp³-hybridized carbons (Fsp3) is 0.280. The highest BCUT2D eigenvalue weighted by Crippen LogP contribution is 2.20. The Hall–Kier alpha value is -3.27. The molecule has 34 heavy (non-hydrogen) atoms. The van der Waals surface area contributed by atoms with Gasteiger partial charge in [0.15, 0.2) is 0 Å². The summed E-state index contributed by atoms with van der Waals surface area (Å²) in [6.07, 6.45) is 2.77. The molecule has 2 aromatic carbocycles. The summed E-state index contributed by atoms with van der Waals surface area (Å²) in [5.74, 6) is -0.405. The molecule has 1 aliphatic heterocycles. The minimum Gasteiger partial charge on any atom is -0.369 e. The number of piperazine rings is 1. The number of hydrogen-bond donors (Lipinski definition) is 1. The van der Waals surface area contributed by atoms with Crippen LogP contribution in [0.5, 0.6) is 0 Å². The Morgan fingerprint density at radius 1 is 0.971 bits per heavy atom. The molecular formula is C25H29N5O3S. The number of nitrogens with zero attached hydrogens (tertiary/aromatic N) is 4. The van der Waals surface area contributed by atoms with Gasteiger partial charge in [0.2, 0.25) is 15.9 Å². The van der Waals surface area contributed by atoms with E-state index in [9.17, 15) is 13.2 Å². The predicted octanol–water partition coefficient (Wildman–Crippen LogP) is 2.66. The van der Waals surface area contributed by atoms with Crippen LogP contribution in [0.1, 0.15) is 5.56 Å². The number of benzene rings is 2.